The number of hydrogen-bond donors (Lipinski definition) is 2. The number of aliphatic hydroxyl groups excluding tert-OH is 1. The summed E-state index contributed by atoms with van der Waals surface area (Å²) in [5.41, 5.74) is 2.07. The number of aryl methyl sites for hydroxylation is 2. The Hall–Kier alpha value is -4.11. The van der Waals surface area contributed by atoms with Crippen LogP contribution in [-0.2, 0) is 4.79 Å². The number of ether oxygens (including phenoxy) is 1. The van der Waals surface area contributed by atoms with Crippen molar-refractivity contribution in [3.8, 4) is 11.5 Å². The van der Waals surface area contributed by atoms with Crippen LogP contribution in [-0.4, -0.2) is 33.5 Å². The molecule has 2 N–H and O–H groups in total. The number of carbonyl (C=O) groups excluding carboxylic acids is 2. The zero-order valence-electron chi connectivity index (χ0n) is 19.2. The summed E-state index contributed by atoms with van der Waals surface area (Å²) >= 11 is 1.29. The van der Waals surface area contributed by atoms with Gasteiger partial charge in [-0.25, -0.2) is 4.98 Å². The molecule has 1 unspecified atom stereocenters. The highest BCUT2D eigenvalue weighted by molar-refractivity contribution is 7.22. The van der Waals surface area contributed by atoms with Gasteiger partial charge in [-0.1, -0.05) is 23.5 Å². The third-order valence-electron chi connectivity index (χ3n) is 5.76. The summed E-state index contributed by atoms with van der Waals surface area (Å²) in [6.45, 7) is 5.75. The van der Waals surface area contributed by atoms with Crippen molar-refractivity contribution in [1.82, 2.24) is 4.98 Å². The van der Waals surface area contributed by atoms with Crippen molar-refractivity contribution in [3.63, 3.8) is 0 Å². The number of amides is 1. The van der Waals surface area contributed by atoms with E-state index in [2.05, 4.69) is 4.98 Å². The number of carbonyl (C=O) groups is 2. The van der Waals surface area contributed by atoms with Crippen molar-refractivity contribution >= 4 is 38.4 Å². The van der Waals surface area contributed by atoms with Crippen molar-refractivity contribution < 1.29 is 29.0 Å². The molecule has 0 aliphatic carbocycles. The van der Waals surface area contributed by atoms with Gasteiger partial charge in [-0.15, -0.1) is 0 Å². The van der Waals surface area contributed by atoms with Crippen LogP contribution >= 0.6 is 11.3 Å². The monoisotopic (exact) mass is 490 g/mol. The molecule has 4 aromatic rings. The van der Waals surface area contributed by atoms with Gasteiger partial charge in [0.2, 0.25) is 5.78 Å². The first-order valence-electron chi connectivity index (χ1n) is 11.0. The summed E-state index contributed by atoms with van der Waals surface area (Å²) in [6.07, 6.45) is 0. The van der Waals surface area contributed by atoms with Crippen molar-refractivity contribution in [1.29, 1.82) is 0 Å². The number of fused-ring (bicyclic) bond motifs is 1. The molecule has 1 amide bonds. The number of ketones is 1. The number of aliphatic hydroxyl groups is 1. The van der Waals surface area contributed by atoms with Gasteiger partial charge in [0.1, 0.15) is 5.76 Å². The highest BCUT2D eigenvalue weighted by Gasteiger charge is 2.46. The summed E-state index contributed by atoms with van der Waals surface area (Å²) in [5, 5.41) is 21.5. The number of nitrogens with zero attached hydrogens (tertiary/aromatic N) is 2. The van der Waals surface area contributed by atoms with Gasteiger partial charge in [0.15, 0.2) is 28.1 Å². The van der Waals surface area contributed by atoms with E-state index in [0.29, 0.717) is 28.6 Å². The van der Waals surface area contributed by atoms with Gasteiger partial charge >= 0.3 is 0 Å². The van der Waals surface area contributed by atoms with E-state index >= 15 is 0 Å². The molecule has 35 heavy (non-hydrogen) atoms. The van der Waals surface area contributed by atoms with Gasteiger partial charge in [-0.2, -0.15) is 0 Å². The number of Topliss-reactive ketones (excluding diaryl/α,β-unsaturated/α-hetero) is 1. The molecule has 0 saturated heterocycles. The number of rotatable bonds is 6. The summed E-state index contributed by atoms with van der Waals surface area (Å²) in [4.78, 5) is 32.8. The molecule has 1 aliphatic heterocycles. The molecule has 0 spiro atoms. The van der Waals surface area contributed by atoms with Gasteiger partial charge in [0, 0.05) is 0 Å². The molecule has 0 fully saturated rings. The molecular weight excluding hydrogens is 468 g/mol. The van der Waals surface area contributed by atoms with Crippen LogP contribution in [0.5, 0.6) is 11.5 Å². The third-order valence-corrected chi connectivity index (χ3v) is 6.77. The van der Waals surface area contributed by atoms with Crippen LogP contribution < -0.4 is 9.64 Å². The first kappa shape index (κ1) is 22.7. The minimum absolute atomic E-state index is 0.00688. The fourth-order valence-corrected chi connectivity index (χ4v) is 5.22. The van der Waals surface area contributed by atoms with Gasteiger partial charge < -0.3 is 19.4 Å². The number of thiazole rings is 1. The molecule has 178 valence electrons. The minimum atomic E-state index is -1.01. The molecule has 3 heterocycles. The number of phenols is 1. The second kappa shape index (κ2) is 8.59. The Bertz CT molecular complexity index is 1520. The van der Waals surface area contributed by atoms with Crippen molar-refractivity contribution in [3.05, 3.63) is 82.5 Å². The molecule has 0 bridgehead atoms. The van der Waals surface area contributed by atoms with Crippen molar-refractivity contribution in [2.75, 3.05) is 11.5 Å². The topological polar surface area (TPSA) is 113 Å². The quantitative estimate of drug-likeness (QED) is 0.348. The summed E-state index contributed by atoms with van der Waals surface area (Å²) in [7, 11) is 0. The standard InChI is InChI=1S/C26H22N2O6S/c1-4-33-19-12-15(7-9-17(19)29)22-21(23(30)18-10-6-14(3)34-18)24(31)25(32)28(22)26-27-16-8-5-13(2)11-20(16)35-26/h5-12,22,29,31H,4H2,1-3H3. The summed E-state index contributed by atoms with van der Waals surface area (Å²) in [5.74, 6) is -1.38. The largest absolute Gasteiger partial charge is 0.504 e. The first-order chi connectivity index (χ1) is 16.8. The van der Waals surface area contributed by atoms with Gasteiger partial charge in [0.25, 0.3) is 5.91 Å². The zero-order chi connectivity index (χ0) is 24.9. The SMILES string of the molecule is CCOc1cc(C2C(C(=O)c3ccc(C)o3)=C(O)C(=O)N2c2nc3ccc(C)cc3s2)ccc1O. The maximum absolute atomic E-state index is 13.5. The van der Waals surface area contributed by atoms with Crippen molar-refractivity contribution in [2.45, 2.75) is 26.8 Å². The fraction of sp³-hybridized carbons (Fsp3) is 0.192. The molecule has 1 aliphatic rings. The highest BCUT2D eigenvalue weighted by Crippen LogP contribution is 2.45. The van der Waals surface area contributed by atoms with E-state index in [1.807, 2.05) is 25.1 Å². The van der Waals surface area contributed by atoms with E-state index in [1.54, 1.807) is 32.0 Å². The lowest BCUT2D eigenvalue weighted by Gasteiger charge is -2.24. The Morgan fingerprint density at radius 1 is 1.14 bits per heavy atom. The lowest BCUT2D eigenvalue weighted by Crippen LogP contribution is -2.31. The van der Waals surface area contributed by atoms with Gasteiger partial charge in [-0.05, 0) is 68.3 Å². The van der Waals surface area contributed by atoms with Gasteiger partial charge in [0.05, 0.1) is 28.4 Å². The Morgan fingerprint density at radius 2 is 1.94 bits per heavy atom. The maximum atomic E-state index is 13.5. The smallest absolute Gasteiger partial charge is 0.296 e. The van der Waals surface area contributed by atoms with Crippen LogP contribution in [0.15, 0.2) is 64.3 Å². The lowest BCUT2D eigenvalue weighted by atomic mass is 9.95. The number of phenolic OH excluding ortho intramolecular Hbond substituents is 1. The number of aromatic hydroxyl groups is 1. The Morgan fingerprint density at radius 3 is 2.66 bits per heavy atom. The van der Waals surface area contributed by atoms with E-state index in [9.17, 15) is 19.8 Å². The molecule has 2 aromatic heterocycles. The minimum Gasteiger partial charge on any atom is -0.504 e. The zero-order valence-corrected chi connectivity index (χ0v) is 20.0. The Kier molecular flexibility index (Phi) is 5.56. The molecule has 9 heteroatoms. The normalized spacial score (nSPS) is 15.9. The number of anilines is 1. The van der Waals surface area contributed by atoms with Crippen LogP contribution in [0.1, 0.15) is 40.4 Å². The van der Waals surface area contributed by atoms with E-state index in [4.69, 9.17) is 9.15 Å². The highest BCUT2D eigenvalue weighted by atomic mass is 32.1. The van der Waals surface area contributed by atoms with E-state index in [-0.39, 0.29) is 22.8 Å². The van der Waals surface area contributed by atoms with E-state index in [0.717, 1.165) is 10.3 Å². The second-order valence-corrected chi connectivity index (χ2v) is 9.22. The van der Waals surface area contributed by atoms with Gasteiger partial charge in [-0.3, -0.25) is 14.5 Å². The molecular formula is C26H22N2O6S. The number of hydrogen-bond acceptors (Lipinski definition) is 8. The molecule has 5 rings (SSSR count). The predicted octanol–water partition coefficient (Wildman–Crippen LogP) is 5.39. The number of aromatic nitrogens is 1. The van der Waals surface area contributed by atoms with Crippen LogP contribution in [0.4, 0.5) is 5.13 Å². The number of furan rings is 1. The predicted molar refractivity (Wildman–Crippen MR) is 131 cm³/mol. The number of benzene rings is 2. The first-order valence-corrected chi connectivity index (χ1v) is 11.8. The fourth-order valence-electron chi connectivity index (χ4n) is 4.13. The van der Waals surface area contributed by atoms with Crippen molar-refractivity contribution in [2.24, 2.45) is 0 Å². The average Bonchev–Trinajstić information content (AvgIpc) is 3.51. The molecule has 1 atom stereocenters. The second-order valence-electron chi connectivity index (χ2n) is 8.21. The maximum Gasteiger partial charge on any atom is 0.296 e. The lowest BCUT2D eigenvalue weighted by molar-refractivity contribution is -0.117. The van der Waals surface area contributed by atoms with E-state index in [1.165, 1.54) is 28.4 Å². The van der Waals surface area contributed by atoms with Crippen LogP contribution in [0.3, 0.4) is 0 Å². The molecule has 2 aromatic carbocycles. The average molecular weight is 491 g/mol. The molecule has 0 radical (unpaired) electrons. The Labute approximate surface area is 204 Å². The van der Waals surface area contributed by atoms with Crippen LogP contribution in [0, 0.1) is 13.8 Å². The molecule has 0 saturated carbocycles. The summed E-state index contributed by atoms with van der Waals surface area (Å²) < 4.78 is 11.9. The van der Waals surface area contributed by atoms with E-state index < -0.39 is 23.5 Å². The summed E-state index contributed by atoms with van der Waals surface area (Å²) in [6, 6.07) is 12.4. The third kappa shape index (κ3) is 3.83. The molecule has 8 nitrogen and oxygen atoms in total. The van der Waals surface area contributed by atoms with Crippen LogP contribution in [0.25, 0.3) is 10.2 Å². The Balaban J connectivity index is 1.69. The van der Waals surface area contributed by atoms with Crippen LogP contribution in [0.2, 0.25) is 0 Å².